The van der Waals surface area contributed by atoms with Crippen LogP contribution in [0.2, 0.25) is 0 Å². The molecule has 2 rings (SSSR count). The molecule has 0 fully saturated rings. The van der Waals surface area contributed by atoms with Crippen molar-refractivity contribution in [1.29, 1.82) is 0 Å². The van der Waals surface area contributed by atoms with Crippen LogP contribution in [0.1, 0.15) is 36.4 Å². The average molecular weight is 378 g/mol. The predicted molar refractivity (Wildman–Crippen MR) is 104 cm³/mol. The number of rotatable bonds is 9. The second kappa shape index (κ2) is 11.2. The molecular weight excluding hydrogens is 354 g/mol. The second-order valence-electron chi connectivity index (χ2n) is 5.95. The van der Waals surface area contributed by atoms with Gasteiger partial charge in [0.15, 0.2) is 0 Å². The summed E-state index contributed by atoms with van der Waals surface area (Å²) < 4.78 is 0. The molecule has 0 radical (unpaired) electrons. The van der Waals surface area contributed by atoms with Gasteiger partial charge in [-0.2, -0.15) is 0 Å². The molecule has 0 aliphatic heterocycles. The highest BCUT2D eigenvalue weighted by Gasteiger charge is 2.10. The van der Waals surface area contributed by atoms with Crippen molar-refractivity contribution in [2.24, 2.45) is 5.73 Å². The molecule has 0 spiro atoms. The van der Waals surface area contributed by atoms with E-state index in [1.54, 1.807) is 12.1 Å². The molecule has 2 aromatic rings. The number of carbonyl (C=O) groups excluding carboxylic acids is 1. The van der Waals surface area contributed by atoms with Crippen LogP contribution in [0.15, 0.2) is 54.6 Å². The second-order valence-corrected chi connectivity index (χ2v) is 5.95. The number of unbranched alkanes of at least 4 members (excludes halogenated alkanes) is 1. The van der Waals surface area contributed by atoms with Gasteiger partial charge in [0.2, 0.25) is 5.91 Å². The molecule has 3 N–H and O–H groups in total. The minimum Gasteiger partial charge on any atom is -0.356 e. The van der Waals surface area contributed by atoms with Crippen LogP contribution >= 0.6 is 12.4 Å². The van der Waals surface area contributed by atoms with Gasteiger partial charge in [0.05, 0.1) is 4.92 Å². The van der Waals surface area contributed by atoms with Gasteiger partial charge in [0.1, 0.15) is 0 Å². The fourth-order valence-corrected chi connectivity index (χ4v) is 2.56. The molecule has 1 amide bonds. The number of non-ortho nitro benzene ring substituents is 1. The highest BCUT2D eigenvalue weighted by atomic mass is 35.5. The van der Waals surface area contributed by atoms with Gasteiger partial charge in [0, 0.05) is 31.1 Å². The van der Waals surface area contributed by atoms with Crippen LogP contribution in [0.4, 0.5) is 5.69 Å². The Bertz CT molecular complexity index is 693. The molecule has 0 aliphatic rings. The van der Waals surface area contributed by atoms with Crippen molar-refractivity contribution < 1.29 is 9.72 Å². The van der Waals surface area contributed by atoms with Crippen molar-refractivity contribution in [1.82, 2.24) is 5.32 Å². The first kappa shape index (κ1) is 21.6. The molecule has 2 aromatic carbocycles. The molecule has 26 heavy (non-hydrogen) atoms. The van der Waals surface area contributed by atoms with E-state index < -0.39 is 4.92 Å². The Hall–Kier alpha value is -2.44. The average Bonchev–Trinajstić information content (AvgIpc) is 2.62. The molecule has 1 atom stereocenters. The van der Waals surface area contributed by atoms with Gasteiger partial charge in [-0.3, -0.25) is 14.9 Å². The molecule has 0 bridgehead atoms. The Morgan fingerprint density at radius 3 is 2.35 bits per heavy atom. The summed E-state index contributed by atoms with van der Waals surface area (Å²) in [5, 5.41) is 13.5. The quantitative estimate of drug-likeness (QED) is 0.396. The van der Waals surface area contributed by atoms with E-state index in [2.05, 4.69) is 5.32 Å². The maximum absolute atomic E-state index is 11.9. The number of hydrogen-bond donors (Lipinski definition) is 2. The Labute approximate surface area is 159 Å². The van der Waals surface area contributed by atoms with Gasteiger partial charge in [-0.1, -0.05) is 42.5 Å². The molecule has 0 aromatic heterocycles. The van der Waals surface area contributed by atoms with Crippen LogP contribution in [-0.2, 0) is 11.2 Å². The number of halogens is 1. The third-order valence-electron chi connectivity index (χ3n) is 3.99. The summed E-state index contributed by atoms with van der Waals surface area (Å²) in [5.41, 5.74) is 8.14. The van der Waals surface area contributed by atoms with Crippen LogP contribution in [0.3, 0.4) is 0 Å². The van der Waals surface area contributed by atoms with Gasteiger partial charge in [-0.05, 0) is 30.4 Å². The van der Waals surface area contributed by atoms with Gasteiger partial charge in [0.25, 0.3) is 5.69 Å². The summed E-state index contributed by atoms with van der Waals surface area (Å²) in [4.78, 5) is 22.1. The lowest BCUT2D eigenvalue weighted by Crippen LogP contribution is -2.28. The Balaban J connectivity index is 0.00000338. The standard InChI is InChI=1S/C19H23N3O3.ClH/c20-18(16-7-2-1-3-8-16)14-19(23)21-13-5-4-6-15-9-11-17(12-10-15)22(24)25;/h1-3,7-12,18H,4-6,13-14,20H2,(H,21,23);1H. The van der Waals surface area contributed by atoms with E-state index in [4.69, 9.17) is 5.73 Å². The number of aryl methyl sites for hydroxylation is 1. The molecule has 7 heteroatoms. The van der Waals surface area contributed by atoms with Crippen molar-refractivity contribution in [2.75, 3.05) is 6.54 Å². The molecule has 140 valence electrons. The number of benzene rings is 2. The van der Waals surface area contributed by atoms with Crippen molar-refractivity contribution in [2.45, 2.75) is 31.7 Å². The van der Waals surface area contributed by atoms with Gasteiger partial charge >= 0.3 is 0 Å². The van der Waals surface area contributed by atoms with Crippen LogP contribution in [0.25, 0.3) is 0 Å². The SMILES string of the molecule is Cl.NC(CC(=O)NCCCCc1ccc([N+](=O)[O-])cc1)c1ccccc1. The molecule has 0 heterocycles. The Kier molecular flexibility index (Phi) is 9.33. The molecule has 1 unspecified atom stereocenters. The predicted octanol–water partition coefficient (Wildman–Crippen LogP) is 3.55. The number of nitrogens with one attached hydrogen (secondary N) is 1. The summed E-state index contributed by atoms with van der Waals surface area (Å²) in [7, 11) is 0. The summed E-state index contributed by atoms with van der Waals surface area (Å²) in [6, 6.07) is 15.9. The number of nitro benzene ring substituents is 1. The fraction of sp³-hybridized carbons (Fsp3) is 0.316. The van der Waals surface area contributed by atoms with Crippen molar-refractivity contribution in [3.63, 3.8) is 0 Å². The zero-order valence-electron chi connectivity index (χ0n) is 14.5. The van der Waals surface area contributed by atoms with Crippen molar-refractivity contribution in [3.8, 4) is 0 Å². The smallest absolute Gasteiger partial charge is 0.269 e. The zero-order chi connectivity index (χ0) is 18.1. The van der Waals surface area contributed by atoms with E-state index in [-0.39, 0.29) is 36.5 Å². The normalized spacial score (nSPS) is 11.3. The number of hydrogen-bond acceptors (Lipinski definition) is 4. The summed E-state index contributed by atoms with van der Waals surface area (Å²) in [5.74, 6) is -0.0494. The Morgan fingerprint density at radius 2 is 1.73 bits per heavy atom. The summed E-state index contributed by atoms with van der Waals surface area (Å²) >= 11 is 0. The maximum Gasteiger partial charge on any atom is 0.269 e. The van der Waals surface area contributed by atoms with Gasteiger partial charge in [-0.25, -0.2) is 0 Å². The topological polar surface area (TPSA) is 98.3 Å². The van der Waals surface area contributed by atoms with E-state index in [1.165, 1.54) is 12.1 Å². The number of amides is 1. The first-order valence-electron chi connectivity index (χ1n) is 8.37. The van der Waals surface area contributed by atoms with Crippen LogP contribution < -0.4 is 11.1 Å². The molecular formula is C19H24ClN3O3. The van der Waals surface area contributed by atoms with E-state index >= 15 is 0 Å². The number of carbonyl (C=O) groups is 1. The minimum absolute atomic E-state index is 0. The van der Waals surface area contributed by atoms with E-state index in [0.717, 1.165) is 30.4 Å². The largest absolute Gasteiger partial charge is 0.356 e. The van der Waals surface area contributed by atoms with Gasteiger partial charge in [-0.15, -0.1) is 12.4 Å². The molecule has 6 nitrogen and oxygen atoms in total. The lowest BCUT2D eigenvalue weighted by Gasteiger charge is -2.12. The third kappa shape index (κ3) is 7.21. The molecule has 0 saturated heterocycles. The summed E-state index contributed by atoms with van der Waals surface area (Å²) in [6.45, 7) is 0.604. The minimum atomic E-state index is -0.403. The maximum atomic E-state index is 11.9. The van der Waals surface area contributed by atoms with E-state index in [9.17, 15) is 14.9 Å². The highest BCUT2D eigenvalue weighted by molar-refractivity contribution is 5.85. The van der Waals surface area contributed by atoms with Crippen molar-refractivity contribution >= 4 is 24.0 Å². The number of nitrogens with two attached hydrogens (primary N) is 1. The zero-order valence-corrected chi connectivity index (χ0v) is 15.3. The fourth-order valence-electron chi connectivity index (χ4n) is 2.56. The lowest BCUT2D eigenvalue weighted by molar-refractivity contribution is -0.384. The molecule has 0 saturated carbocycles. The first-order chi connectivity index (χ1) is 12.1. The Morgan fingerprint density at radius 1 is 1.08 bits per heavy atom. The van der Waals surface area contributed by atoms with E-state index in [1.807, 2.05) is 30.3 Å². The van der Waals surface area contributed by atoms with Crippen LogP contribution in [0, 0.1) is 10.1 Å². The summed E-state index contributed by atoms with van der Waals surface area (Å²) in [6.07, 6.45) is 2.86. The van der Waals surface area contributed by atoms with Crippen LogP contribution in [-0.4, -0.2) is 17.4 Å². The highest BCUT2D eigenvalue weighted by Crippen LogP contribution is 2.14. The lowest BCUT2D eigenvalue weighted by atomic mass is 10.0. The first-order valence-corrected chi connectivity index (χ1v) is 8.37. The van der Waals surface area contributed by atoms with Gasteiger partial charge < -0.3 is 11.1 Å². The monoisotopic (exact) mass is 377 g/mol. The third-order valence-corrected chi connectivity index (χ3v) is 3.99. The van der Waals surface area contributed by atoms with E-state index in [0.29, 0.717) is 6.54 Å². The molecule has 0 aliphatic carbocycles. The number of nitrogens with zero attached hydrogens (tertiary/aromatic N) is 1. The number of nitro groups is 1. The van der Waals surface area contributed by atoms with Crippen LogP contribution in [0.5, 0.6) is 0 Å². The van der Waals surface area contributed by atoms with Crippen molar-refractivity contribution in [3.05, 3.63) is 75.8 Å².